The molecule has 0 aliphatic rings. The molecule has 0 radical (unpaired) electrons. The lowest BCUT2D eigenvalue weighted by molar-refractivity contribution is -0.383. The van der Waals surface area contributed by atoms with Gasteiger partial charge in [-0.1, -0.05) is 26.0 Å². The molecular weight excluding hydrogens is 328 g/mol. The van der Waals surface area contributed by atoms with E-state index >= 15 is 0 Å². The first-order valence-corrected chi connectivity index (χ1v) is 8.10. The number of anilines is 1. The Morgan fingerprint density at radius 2 is 1.92 bits per heavy atom. The van der Waals surface area contributed by atoms with Crippen LogP contribution < -0.4 is 10.6 Å². The molecule has 138 valence electrons. The first-order valence-electron chi connectivity index (χ1n) is 8.10. The molecule has 0 aliphatic carbocycles. The summed E-state index contributed by atoms with van der Waals surface area (Å²) >= 11 is 0. The molecule has 9 nitrogen and oxygen atoms in total. The number of nitro groups is 1. The van der Waals surface area contributed by atoms with Gasteiger partial charge in [0.15, 0.2) is 0 Å². The Kier molecular flexibility index (Phi) is 8.51. The molecule has 0 aliphatic heterocycles. The van der Waals surface area contributed by atoms with Gasteiger partial charge in [-0.25, -0.2) is 0 Å². The zero-order valence-corrected chi connectivity index (χ0v) is 14.4. The van der Waals surface area contributed by atoms with Crippen LogP contribution in [0.25, 0.3) is 0 Å². The Morgan fingerprint density at radius 1 is 1.28 bits per heavy atom. The van der Waals surface area contributed by atoms with E-state index in [9.17, 15) is 24.8 Å². The van der Waals surface area contributed by atoms with Crippen LogP contribution in [-0.4, -0.2) is 59.0 Å². The maximum atomic E-state index is 12.1. The summed E-state index contributed by atoms with van der Waals surface area (Å²) in [5.74, 6) is -1.74. The molecule has 0 heterocycles. The highest BCUT2D eigenvalue weighted by molar-refractivity contribution is 5.95. The van der Waals surface area contributed by atoms with Gasteiger partial charge in [0.1, 0.15) is 11.7 Å². The van der Waals surface area contributed by atoms with Crippen LogP contribution in [0.4, 0.5) is 11.4 Å². The number of carbonyl (C=O) groups excluding carboxylic acids is 1. The fourth-order valence-electron chi connectivity index (χ4n) is 2.31. The maximum absolute atomic E-state index is 12.1. The average molecular weight is 352 g/mol. The van der Waals surface area contributed by atoms with Crippen LogP contribution in [0.5, 0.6) is 0 Å². The first kappa shape index (κ1) is 20.5. The highest BCUT2D eigenvalue weighted by Crippen LogP contribution is 2.23. The molecule has 25 heavy (non-hydrogen) atoms. The molecule has 0 fully saturated rings. The van der Waals surface area contributed by atoms with E-state index in [0.717, 1.165) is 13.1 Å². The van der Waals surface area contributed by atoms with Crippen molar-refractivity contribution in [3.63, 3.8) is 0 Å². The number of nitro benzene ring substituents is 1. The number of benzene rings is 1. The summed E-state index contributed by atoms with van der Waals surface area (Å²) in [6, 6.07) is 4.66. The van der Waals surface area contributed by atoms with Crippen molar-refractivity contribution in [2.24, 2.45) is 0 Å². The number of amides is 1. The van der Waals surface area contributed by atoms with Gasteiger partial charge in [-0.05, 0) is 19.2 Å². The summed E-state index contributed by atoms with van der Waals surface area (Å²) < 4.78 is 0. The Balaban J connectivity index is 2.62. The van der Waals surface area contributed by atoms with Crippen molar-refractivity contribution in [2.45, 2.75) is 26.3 Å². The molecule has 0 bridgehead atoms. The SMILES string of the molecule is CCN(CC)CCN[C@H](CC(=O)Nc1ccccc1[N+](=O)[O-])C(=O)O. The number of nitrogens with one attached hydrogen (secondary N) is 2. The van der Waals surface area contributed by atoms with Gasteiger partial charge in [0, 0.05) is 19.2 Å². The number of hydrogen-bond donors (Lipinski definition) is 3. The van der Waals surface area contributed by atoms with Crippen LogP contribution >= 0.6 is 0 Å². The van der Waals surface area contributed by atoms with E-state index in [2.05, 4.69) is 15.5 Å². The normalized spacial score (nSPS) is 12.0. The van der Waals surface area contributed by atoms with Crippen LogP contribution in [-0.2, 0) is 9.59 Å². The molecule has 1 aromatic carbocycles. The number of carboxylic acid groups (broad SMARTS) is 1. The molecule has 0 spiro atoms. The predicted molar refractivity (Wildman–Crippen MR) is 93.6 cm³/mol. The third-order valence-corrected chi connectivity index (χ3v) is 3.78. The van der Waals surface area contributed by atoms with Gasteiger partial charge in [-0.3, -0.25) is 19.7 Å². The van der Waals surface area contributed by atoms with E-state index in [1.807, 2.05) is 13.8 Å². The third kappa shape index (κ3) is 6.86. The summed E-state index contributed by atoms with van der Waals surface area (Å²) in [6.07, 6.45) is -0.320. The number of carboxylic acids is 1. The van der Waals surface area contributed by atoms with Gasteiger partial charge in [-0.15, -0.1) is 0 Å². The van der Waals surface area contributed by atoms with E-state index in [4.69, 9.17) is 0 Å². The highest BCUT2D eigenvalue weighted by atomic mass is 16.6. The van der Waals surface area contributed by atoms with Crippen molar-refractivity contribution in [1.29, 1.82) is 0 Å². The second-order valence-corrected chi connectivity index (χ2v) is 5.40. The topological polar surface area (TPSA) is 125 Å². The number of carbonyl (C=O) groups is 2. The first-order chi connectivity index (χ1) is 11.9. The van der Waals surface area contributed by atoms with Gasteiger partial charge in [0.2, 0.25) is 5.91 Å². The number of aliphatic carboxylic acids is 1. The molecule has 3 N–H and O–H groups in total. The molecule has 0 unspecified atom stereocenters. The quantitative estimate of drug-likeness (QED) is 0.405. The minimum atomic E-state index is -1.14. The second-order valence-electron chi connectivity index (χ2n) is 5.40. The fourth-order valence-corrected chi connectivity index (χ4v) is 2.31. The van der Waals surface area contributed by atoms with Crippen molar-refractivity contribution in [1.82, 2.24) is 10.2 Å². The van der Waals surface area contributed by atoms with Gasteiger partial charge in [0.25, 0.3) is 5.69 Å². The number of rotatable bonds is 11. The zero-order chi connectivity index (χ0) is 18.8. The van der Waals surface area contributed by atoms with Crippen molar-refractivity contribution in [3.8, 4) is 0 Å². The number of para-hydroxylation sites is 2. The largest absolute Gasteiger partial charge is 0.480 e. The number of nitrogens with zero attached hydrogens (tertiary/aromatic N) is 2. The van der Waals surface area contributed by atoms with Crippen molar-refractivity contribution < 1.29 is 19.6 Å². The lowest BCUT2D eigenvalue weighted by atomic mass is 10.2. The van der Waals surface area contributed by atoms with E-state index < -0.39 is 22.8 Å². The van der Waals surface area contributed by atoms with Crippen LogP contribution in [0.15, 0.2) is 24.3 Å². The zero-order valence-electron chi connectivity index (χ0n) is 14.4. The third-order valence-electron chi connectivity index (χ3n) is 3.78. The summed E-state index contributed by atoms with van der Waals surface area (Å²) in [4.78, 5) is 35.8. The van der Waals surface area contributed by atoms with E-state index in [-0.39, 0.29) is 17.8 Å². The minimum Gasteiger partial charge on any atom is -0.480 e. The van der Waals surface area contributed by atoms with Crippen molar-refractivity contribution in [3.05, 3.63) is 34.4 Å². The second kappa shape index (κ2) is 10.4. The van der Waals surface area contributed by atoms with E-state index in [1.165, 1.54) is 18.2 Å². The Bertz CT molecular complexity index is 604. The monoisotopic (exact) mass is 352 g/mol. The van der Waals surface area contributed by atoms with Crippen molar-refractivity contribution in [2.75, 3.05) is 31.5 Å². The summed E-state index contributed by atoms with van der Waals surface area (Å²) in [7, 11) is 0. The summed E-state index contributed by atoms with van der Waals surface area (Å²) in [6.45, 7) is 6.83. The smallest absolute Gasteiger partial charge is 0.321 e. The lowest BCUT2D eigenvalue weighted by Crippen LogP contribution is -2.43. The molecule has 1 rings (SSSR count). The Labute approximate surface area is 146 Å². The van der Waals surface area contributed by atoms with Gasteiger partial charge >= 0.3 is 5.97 Å². The van der Waals surface area contributed by atoms with Crippen LogP contribution in [0, 0.1) is 10.1 Å². The Morgan fingerprint density at radius 3 is 2.48 bits per heavy atom. The summed E-state index contributed by atoms with van der Waals surface area (Å²) in [5.41, 5.74) is -0.193. The molecule has 0 aromatic heterocycles. The highest BCUT2D eigenvalue weighted by Gasteiger charge is 2.22. The van der Waals surface area contributed by atoms with Gasteiger partial charge in [0.05, 0.1) is 11.3 Å². The van der Waals surface area contributed by atoms with E-state index in [1.54, 1.807) is 6.07 Å². The average Bonchev–Trinajstić information content (AvgIpc) is 2.57. The predicted octanol–water partition coefficient (Wildman–Crippen LogP) is 1.31. The lowest BCUT2D eigenvalue weighted by Gasteiger charge is -2.20. The maximum Gasteiger partial charge on any atom is 0.321 e. The molecule has 1 atom stereocenters. The molecule has 9 heteroatoms. The Hall–Kier alpha value is -2.52. The number of likely N-dealkylation sites (N-methyl/N-ethyl adjacent to an activating group) is 1. The molecule has 0 saturated carbocycles. The van der Waals surface area contributed by atoms with Crippen LogP contribution in [0.3, 0.4) is 0 Å². The summed E-state index contributed by atoms with van der Waals surface area (Å²) in [5, 5.41) is 25.4. The van der Waals surface area contributed by atoms with Crippen LogP contribution in [0.2, 0.25) is 0 Å². The van der Waals surface area contributed by atoms with Crippen LogP contribution in [0.1, 0.15) is 20.3 Å². The molecule has 1 aromatic rings. The molecular formula is C16H24N4O5. The minimum absolute atomic E-state index is 0.0461. The standard InChI is InChI=1S/C16H24N4O5/c1-3-19(4-2)10-9-17-13(16(22)23)11-15(21)18-12-7-5-6-8-14(12)20(24)25/h5-8,13,17H,3-4,9-11H2,1-2H3,(H,18,21)(H,22,23)/t13-/m1/s1. The molecule has 0 saturated heterocycles. The van der Waals surface area contributed by atoms with Crippen molar-refractivity contribution >= 4 is 23.3 Å². The van der Waals surface area contributed by atoms with Gasteiger partial charge < -0.3 is 20.6 Å². The number of hydrogen-bond acceptors (Lipinski definition) is 6. The van der Waals surface area contributed by atoms with E-state index in [0.29, 0.717) is 13.1 Å². The molecule has 1 amide bonds. The van der Waals surface area contributed by atoms with Gasteiger partial charge in [-0.2, -0.15) is 0 Å². The fraction of sp³-hybridized carbons (Fsp3) is 0.500.